The van der Waals surface area contributed by atoms with Crippen molar-refractivity contribution in [2.24, 2.45) is 5.92 Å². The summed E-state index contributed by atoms with van der Waals surface area (Å²) in [5.41, 5.74) is 0. The summed E-state index contributed by atoms with van der Waals surface area (Å²) < 4.78 is 39.7. The zero-order chi connectivity index (χ0) is 16.9. The van der Waals surface area contributed by atoms with E-state index in [2.05, 4.69) is 10.4 Å². The first-order chi connectivity index (χ1) is 10.8. The number of amides is 2. The van der Waals surface area contributed by atoms with E-state index in [-0.39, 0.29) is 6.03 Å². The van der Waals surface area contributed by atoms with Gasteiger partial charge in [-0.2, -0.15) is 18.3 Å². The molecule has 8 heteroatoms. The van der Waals surface area contributed by atoms with Gasteiger partial charge in [0.1, 0.15) is 0 Å². The summed E-state index contributed by atoms with van der Waals surface area (Å²) in [6, 6.07) is 1.07. The maximum Gasteiger partial charge on any atom is 0.389 e. The lowest BCUT2D eigenvalue weighted by atomic mass is 9.82. The molecule has 1 N–H and O–H groups in total. The van der Waals surface area contributed by atoms with E-state index in [0.717, 1.165) is 12.8 Å². The monoisotopic (exact) mass is 332 g/mol. The Hall–Kier alpha value is -1.73. The molecule has 130 valence electrons. The number of hydrogen-bond acceptors (Lipinski definition) is 2. The van der Waals surface area contributed by atoms with Crippen LogP contribution in [0.25, 0.3) is 0 Å². The van der Waals surface area contributed by atoms with Gasteiger partial charge < -0.3 is 10.2 Å². The van der Waals surface area contributed by atoms with Crippen molar-refractivity contribution >= 4 is 6.03 Å². The summed E-state index contributed by atoms with van der Waals surface area (Å²) >= 11 is 0. The quantitative estimate of drug-likeness (QED) is 0.901. The van der Waals surface area contributed by atoms with Gasteiger partial charge >= 0.3 is 12.2 Å². The van der Waals surface area contributed by atoms with Crippen molar-refractivity contribution in [3.05, 3.63) is 18.5 Å². The van der Waals surface area contributed by atoms with E-state index in [1.165, 1.54) is 4.90 Å². The lowest BCUT2D eigenvalue weighted by Gasteiger charge is -2.34. The van der Waals surface area contributed by atoms with Gasteiger partial charge in [0.15, 0.2) is 0 Å². The normalized spacial score (nSPS) is 21.9. The minimum absolute atomic E-state index is 0.323. The number of rotatable bonds is 5. The molecule has 1 saturated carbocycles. The molecule has 1 aromatic rings. The van der Waals surface area contributed by atoms with Gasteiger partial charge in [-0.1, -0.05) is 12.8 Å². The highest BCUT2D eigenvalue weighted by atomic mass is 19.4. The maximum atomic E-state index is 12.7. The van der Waals surface area contributed by atoms with Crippen LogP contribution in [0.4, 0.5) is 18.0 Å². The first-order valence-electron chi connectivity index (χ1n) is 7.91. The van der Waals surface area contributed by atoms with Crippen molar-refractivity contribution in [1.29, 1.82) is 0 Å². The van der Waals surface area contributed by atoms with Gasteiger partial charge in [0.2, 0.25) is 0 Å². The molecule has 1 aliphatic carbocycles. The van der Waals surface area contributed by atoms with E-state index in [0.29, 0.717) is 25.9 Å². The number of carbonyl (C=O) groups excluding carboxylic acids is 1. The molecule has 1 heterocycles. The minimum Gasteiger partial charge on any atom is -0.335 e. The first-order valence-corrected chi connectivity index (χ1v) is 7.91. The molecule has 0 aliphatic heterocycles. The highest BCUT2D eigenvalue weighted by Crippen LogP contribution is 2.34. The maximum absolute atomic E-state index is 12.7. The Labute approximate surface area is 133 Å². The van der Waals surface area contributed by atoms with Crippen LogP contribution in [0, 0.1) is 5.92 Å². The van der Waals surface area contributed by atoms with Gasteiger partial charge in [-0.05, 0) is 24.8 Å². The van der Waals surface area contributed by atoms with Gasteiger partial charge in [0, 0.05) is 38.4 Å². The van der Waals surface area contributed by atoms with Crippen molar-refractivity contribution in [2.45, 2.75) is 50.9 Å². The number of likely N-dealkylation sites (N-methyl/N-ethyl adjacent to an activating group) is 1. The molecular formula is C15H23F3N4O. The second-order valence-corrected chi connectivity index (χ2v) is 6.11. The third kappa shape index (κ3) is 5.76. The number of nitrogens with zero attached hydrogens (tertiary/aromatic N) is 3. The highest BCUT2D eigenvalue weighted by molar-refractivity contribution is 5.74. The predicted octanol–water partition coefficient (Wildman–Crippen LogP) is 3.04. The van der Waals surface area contributed by atoms with Gasteiger partial charge in [-0.3, -0.25) is 4.68 Å². The molecule has 23 heavy (non-hydrogen) atoms. The summed E-state index contributed by atoms with van der Waals surface area (Å²) in [5.74, 6) is -0.521. The molecule has 0 spiro atoms. The Balaban J connectivity index is 1.83. The zero-order valence-corrected chi connectivity index (χ0v) is 13.2. The average molecular weight is 332 g/mol. The molecule has 5 nitrogen and oxygen atoms in total. The lowest BCUT2D eigenvalue weighted by molar-refractivity contribution is -0.148. The van der Waals surface area contributed by atoms with Crippen molar-refractivity contribution in [1.82, 2.24) is 20.0 Å². The number of urea groups is 1. The number of halogens is 3. The molecule has 1 fully saturated rings. The second kappa shape index (κ2) is 7.70. The summed E-state index contributed by atoms with van der Waals surface area (Å²) in [7, 11) is 1.64. The average Bonchev–Trinajstić information content (AvgIpc) is 2.98. The Bertz CT molecular complexity index is 489. The van der Waals surface area contributed by atoms with E-state index >= 15 is 0 Å². The summed E-state index contributed by atoms with van der Waals surface area (Å²) in [5, 5.41) is 6.83. The van der Waals surface area contributed by atoms with Crippen molar-refractivity contribution < 1.29 is 18.0 Å². The predicted molar refractivity (Wildman–Crippen MR) is 79.8 cm³/mol. The van der Waals surface area contributed by atoms with Crippen LogP contribution in [0.5, 0.6) is 0 Å². The minimum atomic E-state index is -4.18. The van der Waals surface area contributed by atoms with Crippen LogP contribution in [0.15, 0.2) is 18.5 Å². The Morgan fingerprint density at radius 3 is 2.78 bits per heavy atom. The van der Waals surface area contributed by atoms with E-state index in [4.69, 9.17) is 0 Å². The lowest BCUT2D eigenvalue weighted by Crippen LogP contribution is -2.48. The van der Waals surface area contributed by atoms with Crippen LogP contribution >= 0.6 is 0 Å². The number of alkyl halides is 3. The van der Waals surface area contributed by atoms with Gasteiger partial charge in [0.05, 0.1) is 6.54 Å². The van der Waals surface area contributed by atoms with E-state index in [9.17, 15) is 18.0 Å². The second-order valence-electron chi connectivity index (χ2n) is 6.11. The summed E-state index contributed by atoms with van der Waals surface area (Å²) in [6.45, 7) is 0.998. The molecule has 0 unspecified atom stereocenters. The van der Waals surface area contributed by atoms with Crippen molar-refractivity contribution in [3.8, 4) is 0 Å². The molecule has 1 aromatic heterocycles. The Morgan fingerprint density at radius 1 is 1.39 bits per heavy atom. The number of carbonyl (C=O) groups is 1. The van der Waals surface area contributed by atoms with Crippen LogP contribution in [-0.2, 0) is 6.54 Å². The molecular weight excluding hydrogens is 309 g/mol. The molecule has 0 aromatic carbocycles. The Kier molecular flexibility index (Phi) is 5.90. The van der Waals surface area contributed by atoms with Gasteiger partial charge in [-0.25, -0.2) is 4.79 Å². The molecule has 2 rings (SSSR count). The summed E-state index contributed by atoms with van der Waals surface area (Å²) in [4.78, 5) is 13.7. The smallest absolute Gasteiger partial charge is 0.335 e. The largest absolute Gasteiger partial charge is 0.389 e. The fraction of sp³-hybridized carbons (Fsp3) is 0.733. The van der Waals surface area contributed by atoms with Crippen LogP contribution in [0.1, 0.15) is 32.1 Å². The van der Waals surface area contributed by atoms with E-state index < -0.39 is 24.6 Å². The van der Waals surface area contributed by atoms with Crippen molar-refractivity contribution in [3.63, 3.8) is 0 Å². The number of hydrogen-bond donors (Lipinski definition) is 1. The zero-order valence-electron chi connectivity index (χ0n) is 13.2. The molecule has 0 bridgehead atoms. The molecule has 0 saturated heterocycles. The Morgan fingerprint density at radius 2 is 2.13 bits per heavy atom. The summed E-state index contributed by atoms with van der Waals surface area (Å²) in [6.07, 6.45) is 1.22. The van der Waals surface area contributed by atoms with Crippen LogP contribution in [-0.4, -0.2) is 46.5 Å². The van der Waals surface area contributed by atoms with Crippen LogP contribution in [0.3, 0.4) is 0 Å². The van der Waals surface area contributed by atoms with Crippen LogP contribution < -0.4 is 5.32 Å². The topological polar surface area (TPSA) is 50.2 Å². The van der Waals surface area contributed by atoms with Crippen LogP contribution in [0.2, 0.25) is 0 Å². The SMILES string of the molecule is CN(CCn1cccn1)C(=O)N[C@H]1CCCC[C@H]1CC(F)(F)F. The van der Waals surface area contributed by atoms with Gasteiger partial charge in [-0.15, -0.1) is 0 Å². The third-order valence-corrected chi connectivity index (χ3v) is 4.28. The molecule has 2 atom stereocenters. The molecule has 2 amide bonds. The highest BCUT2D eigenvalue weighted by Gasteiger charge is 2.37. The van der Waals surface area contributed by atoms with E-state index in [1.54, 1.807) is 30.2 Å². The standard InChI is InChI=1S/C15H23F3N4O/c1-21(9-10-22-8-4-7-19-22)14(23)20-13-6-3-2-5-12(13)11-15(16,17)18/h4,7-8,12-13H,2-3,5-6,9-11H2,1H3,(H,20,23)/t12-,13-/m0/s1. The van der Waals surface area contributed by atoms with Gasteiger partial charge in [0.25, 0.3) is 0 Å². The van der Waals surface area contributed by atoms with Crippen molar-refractivity contribution in [2.75, 3.05) is 13.6 Å². The fourth-order valence-electron chi connectivity index (χ4n) is 2.99. The third-order valence-electron chi connectivity index (χ3n) is 4.28. The molecule has 0 radical (unpaired) electrons. The molecule has 1 aliphatic rings. The number of aromatic nitrogens is 2. The first kappa shape index (κ1) is 17.6. The van der Waals surface area contributed by atoms with E-state index in [1.807, 2.05) is 0 Å². The fourth-order valence-corrected chi connectivity index (χ4v) is 2.99. The number of nitrogens with one attached hydrogen (secondary N) is 1.